The highest BCUT2D eigenvalue weighted by Crippen LogP contribution is 2.21. The van der Waals surface area contributed by atoms with Gasteiger partial charge in [-0.05, 0) is 18.2 Å². The molecule has 0 aliphatic heterocycles. The predicted molar refractivity (Wildman–Crippen MR) is 73.5 cm³/mol. The van der Waals surface area contributed by atoms with Gasteiger partial charge in [-0.15, -0.1) is 0 Å². The third kappa shape index (κ3) is 3.41. The number of anilines is 2. The van der Waals surface area contributed by atoms with Crippen LogP contribution in [0, 0.1) is 0 Å². The molecule has 0 amide bonds. The van der Waals surface area contributed by atoms with Crippen molar-refractivity contribution >= 4 is 17.5 Å². The summed E-state index contributed by atoms with van der Waals surface area (Å²) in [5.74, 6) is 0.760. The van der Waals surface area contributed by atoms with Crippen LogP contribution >= 0.6 is 0 Å². The fraction of sp³-hybridized carbons (Fsp3) is 0.154. The van der Waals surface area contributed by atoms with Crippen molar-refractivity contribution in [2.24, 2.45) is 10.9 Å². The van der Waals surface area contributed by atoms with Crippen LogP contribution in [0.1, 0.15) is 6.42 Å². The van der Waals surface area contributed by atoms with Gasteiger partial charge in [0, 0.05) is 31.0 Å². The summed E-state index contributed by atoms with van der Waals surface area (Å²) in [4.78, 5) is 10.4. The number of para-hydroxylation sites is 1. The molecule has 0 fully saturated rings. The molecule has 0 saturated heterocycles. The molecule has 19 heavy (non-hydrogen) atoms. The zero-order valence-corrected chi connectivity index (χ0v) is 10.3. The minimum atomic E-state index is 0.178. The first-order valence-corrected chi connectivity index (χ1v) is 5.87. The number of nitrogens with two attached hydrogens (primary N) is 1. The van der Waals surface area contributed by atoms with Crippen LogP contribution in [-0.4, -0.2) is 27.6 Å². The summed E-state index contributed by atoms with van der Waals surface area (Å²) < 4.78 is 0. The maximum absolute atomic E-state index is 8.60. The maximum atomic E-state index is 8.60. The zero-order valence-electron chi connectivity index (χ0n) is 10.3. The Labute approximate surface area is 111 Å². The van der Waals surface area contributed by atoms with Crippen LogP contribution < -0.4 is 10.6 Å². The first-order valence-electron chi connectivity index (χ1n) is 5.87. The Hall–Kier alpha value is -2.63. The normalized spacial score (nSPS) is 11.3. The second kappa shape index (κ2) is 6.34. The van der Waals surface area contributed by atoms with Gasteiger partial charge >= 0.3 is 0 Å². The highest BCUT2D eigenvalue weighted by atomic mass is 16.4. The topological polar surface area (TPSA) is 87.6 Å². The predicted octanol–water partition coefficient (Wildman–Crippen LogP) is 1.75. The first-order chi connectivity index (χ1) is 9.31. The Bertz CT molecular complexity index is 490. The lowest BCUT2D eigenvalue weighted by Crippen LogP contribution is -2.25. The molecule has 0 bridgehead atoms. The Morgan fingerprint density at radius 2 is 1.84 bits per heavy atom. The van der Waals surface area contributed by atoms with Crippen molar-refractivity contribution in [3.63, 3.8) is 0 Å². The van der Waals surface area contributed by atoms with Crippen LogP contribution in [0.15, 0.2) is 53.9 Å². The monoisotopic (exact) mass is 257 g/mol. The van der Waals surface area contributed by atoms with Crippen molar-refractivity contribution < 1.29 is 5.21 Å². The van der Waals surface area contributed by atoms with Gasteiger partial charge in [-0.2, -0.15) is 0 Å². The summed E-state index contributed by atoms with van der Waals surface area (Å²) in [7, 11) is 0. The smallest absolute Gasteiger partial charge is 0.229 e. The van der Waals surface area contributed by atoms with Crippen molar-refractivity contribution in [1.29, 1.82) is 0 Å². The number of nitrogens with zero attached hydrogens (tertiary/aromatic N) is 4. The molecule has 6 nitrogen and oxygen atoms in total. The van der Waals surface area contributed by atoms with Gasteiger partial charge < -0.3 is 15.8 Å². The summed E-state index contributed by atoms with van der Waals surface area (Å²) in [6, 6.07) is 11.5. The van der Waals surface area contributed by atoms with E-state index in [4.69, 9.17) is 10.9 Å². The van der Waals surface area contributed by atoms with E-state index in [1.54, 1.807) is 18.5 Å². The molecule has 98 valence electrons. The third-order valence-electron chi connectivity index (χ3n) is 2.58. The van der Waals surface area contributed by atoms with E-state index >= 15 is 0 Å². The van der Waals surface area contributed by atoms with E-state index in [1.165, 1.54) is 0 Å². The quantitative estimate of drug-likeness (QED) is 0.369. The summed E-state index contributed by atoms with van der Waals surface area (Å²) in [5, 5.41) is 11.6. The van der Waals surface area contributed by atoms with E-state index in [2.05, 4.69) is 15.1 Å². The third-order valence-corrected chi connectivity index (χ3v) is 2.58. The Morgan fingerprint density at radius 1 is 1.16 bits per heavy atom. The second-order valence-electron chi connectivity index (χ2n) is 3.88. The van der Waals surface area contributed by atoms with E-state index in [1.807, 2.05) is 35.2 Å². The molecule has 6 heteroatoms. The number of rotatable bonds is 5. The highest BCUT2D eigenvalue weighted by Gasteiger charge is 2.11. The summed E-state index contributed by atoms with van der Waals surface area (Å²) >= 11 is 0. The van der Waals surface area contributed by atoms with Crippen LogP contribution in [0.2, 0.25) is 0 Å². The average Bonchev–Trinajstić information content (AvgIpc) is 2.49. The fourth-order valence-corrected chi connectivity index (χ4v) is 1.66. The molecule has 0 aliphatic carbocycles. The van der Waals surface area contributed by atoms with Crippen molar-refractivity contribution in [1.82, 2.24) is 9.97 Å². The van der Waals surface area contributed by atoms with Gasteiger partial charge in [0.25, 0.3) is 0 Å². The summed E-state index contributed by atoms with van der Waals surface area (Å²) in [6.45, 7) is 0.532. The zero-order chi connectivity index (χ0) is 13.5. The number of hydrogen-bond acceptors (Lipinski definition) is 5. The van der Waals surface area contributed by atoms with Crippen LogP contribution in [0.5, 0.6) is 0 Å². The van der Waals surface area contributed by atoms with Gasteiger partial charge in [0.05, 0.1) is 0 Å². The molecule has 2 aromatic rings. The molecular weight excluding hydrogens is 242 g/mol. The molecule has 0 spiro atoms. The molecule has 1 aromatic carbocycles. The molecule has 0 radical (unpaired) electrons. The number of hydrogen-bond donors (Lipinski definition) is 2. The number of amidine groups is 1. The Morgan fingerprint density at radius 3 is 2.47 bits per heavy atom. The van der Waals surface area contributed by atoms with E-state index in [9.17, 15) is 0 Å². The van der Waals surface area contributed by atoms with Gasteiger partial charge in [0.2, 0.25) is 5.95 Å². The molecule has 0 unspecified atom stereocenters. The molecule has 0 saturated carbocycles. The second-order valence-corrected chi connectivity index (χ2v) is 3.88. The van der Waals surface area contributed by atoms with Gasteiger partial charge in [-0.1, -0.05) is 23.4 Å². The largest absolute Gasteiger partial charge is 0.409 e. The van der Waals surface area contributed by atoms with Gasteiger partial charge in [-0.3, -0.25) is 0 Å². The standard InChI is InChI=1S/C13H15N5O/c14-12(17-19)7-10-18(11-5-2-1-3-6-11)13-15-8-4-9-16-13/h1-6,8-9,19H,7,10H2,(H2,14,17). The minimum Gasteiger partial charge on any atom is -0.409 e. The van der Waals surface area contributed by atoms with Gasteiger partial charge in [0.1, 0.15) is 5.84 Å². The van der Waals surface area contributed by atoms with Crippen LogP contribution in [-0.2, 0) is 0 Å². The molecule has 1 aromatic heterocycles. The van der Waals surface area contributed by atoms with Gasteiger partial charge in [-0.25, -0.2) is 9.97 Å². The summed E-state index contributed by atoms with van der Waals surface area (Å²) in [6.07, 6.45) is 3.78. The summed E-state index contributed by atoms with van der Waals surface area (Å²) in [5.41, 5.74) is 6.47. The number of benzene rings is 1. The van der Waals surface area contributed by atoms with E-state index in [0.29, 0.717) is 18.9 Å². The number of aromatic nitrogens is 2. The lowest BCUT2D eigenvalue weighted by molar-refractivity contribution is 0.317. The molecular formula is C13H15N5O. The molecule has 3 N–H and O–H groups in total. The van der Waals surface area contributed by atoms with Crippen LogP contribution in [0.25, 0.3) is 0 Å². The Kier molecular flexibility index (Phi) is 4.28. The van der Waals surface area contributed by atoms with Crippen LogP contribution in [0.4, 0.5) is 11.6 Å². The van der Waals surface area contributed by atoms with Gasteiger partial charge in [0.15, 0.2) is 0 Å². The van der Waals surface area contributed by atoms with E-state index < -0.39 is 0 Å². The van der Waals surface area contributed by atoms with Crippen molar-refractivity contribution in [3.05, 3.63) is 48.8 Å². The molecule has 0 atom stereocenters. The minimum absolute atomic E-state index is 0.178. The van der Waals surface area contributed by atoms with Crippen molar-refractivity contribution in [2.75, 3.05) is 11.4 Å². The van der Waals surface area contributed by atoms with Crippen molar-refractivity contribution in [3.8, 4) is 0 Å². The molecule has 2 rings (SSSR count). The van der Waals surface area contributed by atoms with E-state index in [-0.39, 0.29) is 5.84 Å². The molecule has 0 aliphatic rings. The Balaban J connectivity index is 2.24. The first kappa shape index (κ1) is 12.8. The fourth-order valence-electron chi connectivity index (χ4n) is 1.66. The maximum Gasteiger partial charge on any atom is 0.229 e. The lowest BCUT2D eigenvalue weighted by Gasteiger charge is -2.22. The highest BCUT2D eigenvalue weighted by molar-refractivity contribution is 5.80. The SMILES string of the molecule is N/C(CCN(c1ccccc1)c1ncccn1)=N\O. The number of oxime groups is 1. The average molecular weight is 257 g/mol. The van der Waals surface area contributed by atoms with Crippen LogP contribution in [0.3, 0.4) is 0 Å². The van der Waals surface area contributed by atoms with E-state index in [0.717, 1.165) is 5.69 Å². The lowest BCUT2D eigenvalue weighted by atomic mass is 10.2. The molecule has 1 heterocycles. The van der Waals surface area contributed by atoms with Crippen molar-refractivity contribution in [2.45, 2.75) is 6.42 Å².